The van der Waals surface area contributed by atoms with Crippen LogP contribution in [0.15, 0.2) is 0 Å². The Labute approximate surface area is 139 Å². The van der Waals surface area contributed by atoms with Crippen LogP contribution in [-0.2, 0) is 0 Å². The van der Waals surface area contributed by atoms with Crippen molar-refractivity contribution >= 4 is 6.03 Å². The molecule has 0 heterocycles. The van der Waals surface area contributed by atoms with Crippen LogP contribution in [0.4, 0.5) is 4.79 Å². The predicted octanol–water partition coefficient (Wildman–Crippen LogP) is 3.20. The van der Waals surface area contributed by atoms with Crippen molar-refractivity contribution in [3.05, 3.63) is 0 Å². The van der Waals surface area contributed by atoms with Gasteiger partial charge < -0.3 is 15.7 Å². The maximum atomic E-state index is 12.1. The zero-order valence-corrected chi connectivity index (χ0v) is 14.2. The highest BCUT2D eigenvalue weighted by Gasteiger charge is 2.50. The smallest absolute Gasteiger partial charge is 0.315 e. The average Bonchev–Trinajstić information content (AvgIpc) is 2.48. The molecule has 2 amide bonds. The second-order valence-corrected chi connectivity index (χ2v) is 9.07. The minimum absolute atomic E-state index is 0.00359. The molecule has 4 bridgehead atoms. The second kappa shape index (κ2) is 6.27. The van der Waals surface area contributed by atoms with Crippen molar-refractivity contribution in [2.45, 2.75) is 82.8 Å². The summed E-state index contributed by atoms with van der Waals surface area (Å²) >= 11 is 0. The fraction of sp³-hybridized carbons (Fsp3) is 0.947. The Balaban J connectivity index is 1.20. The van der Waals surface area contributed by atoms with Gasteiger partial charge in [-0.3, -0.25) is 0 Å². The zero-order valence-electron chi connectivity index (χ0n) is 14.2. The van der Waals surface area contributed by atoms with Crippen LogP contribution in [0.5, 0.6) is 0 Å². The Morgan fingerprint density at radius 2 is 1.52 bits per heavy atom. The molecule has 23 heavy (non-hydrogen) atoms. The minimum atomic E-state index is -0.160. The van der Waals surface area contributed by atoms with E-state index in [1.165, 1.54) is 44.9 Å². The summed E-state index contributed by atoms with van der Waals surface area (Å²) in [5.74, 6) is 2.97. The molecule has 4 nitrogen and oxygen atoms in total. The summed E-state index contributed by atoms with van der Waals surface area (Å²) in [6, 6.07) is 0.245. The summed E-state index contributed by atoms with van der Waals surface area (Å²) in [5.41, 5.74) is 0.553. The topological polar surface area (TPSA) is 61.4 Å². The van der Waals surface area contributed by atoms with Gasteiger partial charge >= 0.3 is 6.03 Å². The van der Waals surface area contributed by atoms with E-state index >= 15 is 0 Å². The van der Waals surface area contributed by atoms with Gasteiger partial charge in [0.25, 0.3) is 0 Å². The van der Waals surface area contributed by atoms with E-state index in [4.69, 9.17) is 0 Å². The van der Waals surface area contributed by atoms with Gasteiger partial charge in [0.15, 0.2) is 0 Å². The molecule has 0 spiro atoms. The molecular formula is C19H32N2O2. The third-order valence-corrected chi connectivity index (χ3v) is 7.14. The van der Waals surface area contributed by atoms with Crippen LogP contribution in [0.2, 0.25) is 0 Å². The van der Waals surface area contributed by atoms with Crippen molar-refractivity contribution in [1.29, 1.82) is 0 Å². The highest BCUT2D eigenvalue weighted by Crippen LogP contribution is 2.61. The van der Waals surface area contributed by atoms with Crippen LogP contribution in [0, 0.1) is 23.2 Å². The van der Waals surface area contributed by atoms with Gasteiger partial charge in [0.05, 0.1) is 6.10 Å². The first-order chi connectivity index (χ1) is 11.1. The van der Waals surface area contributed by atoms with Crippen molar-refractivity contribution in [3.8, 4) is 0 Å². The van der Waals surface area contributed by atoms with E-state index in [1.54, 1.807) is 0 Å². The molecule has 3 N–H and O–H groups in total. The van der Waals surface area contributed by atoms with Gasteiger partial charge in [-0.25, -0.2) is 4.79 Å². The number of carbonyl (C=O) groups excluding carboxylic acids is 1. The van der Waals surface area contributed by atoms with Gasteiger partial charge in [0.1, 0.15) is 0 Å². The number of aliphatic hydroxyl groups excluding tert-OH is 1. The molecule has 0 aromatic rings. The molecule has 0 atom stereocenters. The van der Waals surface area contributed by atoms with Crippen molar-refractivity contribution < 1.29 is 9.90 Å². The van der Waals surface area contributed by atoms with Gasteiger partial charge in [-0.1, -0.05) is 0 Å². The Hall–Kier alpha value is -0.770. The van der Waals surface area contributed by atoms with Crippen LogP contribution in [-0.4, -0.2) is 29.8 Å². The van der Waals surface area contributed by atoms with Gasteiger partial charge in [0, 0.05) is 12.6 Å². The molecule has 0 aliphatic heterocycles. The average molecular weight is 320 g/mol. The monoisotopic (exact) mass is 320 g/mol. The van der Waals surface area contributed by atoms with Crippen LogP contribution >= 0.6 is 0 Å². The predicted molar refractivity (Wildman–Crippen MR) is 90.0 cm³/mol. The summed E-state index contributed by atoms with van der Waals surface area (Å²) in [6.45, 7) is 0.827. The third kappa shape index (κ3) is 3.52. The summed E-state index contributed by atoms with van der Waals surface area (Å²) in [5, 5.41) is 15.7. The fourth-order valence-electron chi connectivity index (χ4n) is 6.49. The third-order valence-electron chi connectivity index (χ3n) is 7.14. The summed E-state index contributed by atoms with van der Waals surface area (Å²) in [6.07, 6.45) is 13.2. The molecule has 5 fully saturated rings. The van der Waals surface area contributed by atoms with Crippen LogP contribution in [0.1, 0.15) is 70.6 Å². The van der Waals surface area contributed by atoms with Crippen molar-refractivity contribution in [3.63, 3.8) is 0 Å². The van der Waals surface area contributed by atoms with E-state index in [-0.39, 0.29) is 18.2 Å². The fourth-order valence-corrected chi connectivity index (χ4v) is 6.49. The first kappa shape index (κ1) is 15.7. The lowest BCUT2D eigenvalue weighted by Gasteiger charge is -2.57. The highest BCUT2D eigenvalue weighted by atomic mass is 16.3. The summed E-state index contributed by atoms with van der Waals surface area (Å²) in [4.78, 5) is 12.1. The van der Waals surface area contributed by atoms with Gasteiger partial charge in [-0.05, 0) is 93.8 Å². The number of amides is 2. The van der Waals surface area contributed by atoms with E-state index in [9.17, 15) is 9.90 Å². The minimum Gasteiger partial charge on any atom is -0.393 e. The lowest BCUT2D eigenvalue weighted by Crippen LogP contribution is -2.48. The van der Waals surface area contributed by atoms with Crippen LogP contribution < -0.4 is 10.6 Å². The largest absolute Gasteiger partial charge is 0.393 e. The SMILES string of the molecule is O=C(NCCC12CC3CC(CC(C3)C1)C2)NC1CCC(O)CC1. The van der Waals surface area contributed by atoms with Crippen LogP contribution in [0.25, 0.3) is 0 Å². The first-order valence-electron chi connectivity index (χ1n) is 9.83. The number of urea groups is 1. The number of nitrogens with one attached hydrogen (secondary N) is 2. The van der Waals surface area contributed by atoms with Crippen molar-refractivity contribution in [1.82, 2.24) is 10.6 Å². The Bertz CT molecular complexity index is 407. The molecule has 0 radical (unpaired) electrons. The molecule has 0 aromatic carbocycles. The standard InChI is InChI=1S/C19H32N2O2/c22-17-3-1-16(2-4-17)21-18(23)20-6-5-19-10-13-7-14(11-19)9-15(8-13)12-19/h13-17,22H,1-12H2,(H2,20,21,23). The van der Waals surface area contributed by atoms with E-state index < -0.39 is 0 Å². The maximum Gasteiger partial charge on any atom is 0.315 e. The number of aliphatic hydroxyl groups is 1. The quantitative estimate of drug-likeness (QED) is 0.745. The first-order valence-corrected chi connectivity index (χ1v) is 9.83. The van der Waals surface area contributed by atoms with Crippen molar-refractivity contribution in [2.75, 3.05) is 6.54 Å². The molecule has 4 heteroatoms. The van der Waals surface area contributed by atoms with E-state index in [2.05, 4.69) is 10.6 Å². The molecule has 5 saturated carbocycles. The van der Waals surface area contributed by atoms with Crippen LogP contribution in [0.3, 0.4) is 0 Å². The normalized spacial score (nSPS) is 45.0. The molecule has 0 aromatic heterocycles. The zero-order chi connectivity index (χ0) is 15.9. The number of rotatable bonds is 4. The van der Waals surface area contributed by atoms with Gasteiger partial charge in [-0.15, -0.1) is 0 Å². The summed E-state index contributed by atoms with van der Waals surface area (Å²) < 4.78 is 0. The number of hydrogen-bond donors (Lipinski definition) is 3. The molecule has 0 saturated heterocycles. The number of carbonyl (C=O) groups is 1. The van der Waals surface area contributed by atoms with Crippen molar-refractivity contribution in [2.24, 2.45) is 23.2 Å². The Kier molecular flexibility index (Phi) is 4.29. The molecule has 0 unspecified atom stereocenters. The Morgan fingerprint density at radius 1 is 0.957 bits per heavy atom. The van der Waals surface area contributed by atoms with E-state index in [0.29, 0.717) is 5.41 Å². The highest BCUT2D eigenvalue weighted by molar-refractivity contribution is 5.74. The van der Waals surface area contributed by atoms with E-state index in [1.807, 2.05) is 0 Å². The van der Waals surface area contributed by atoms with E-state index in [0.717, 1.165) is 50.0 Å². The summed E-state index contributed by atoms with van der Waals surface area (Å²) in [7, 11) is 0. The molecule has 130 valence electrons. The molecule has 5 aliphatic carbocycles. The molecule has 5 aliphatic rings. The van der Waals surface area contributed by atoms with Gasteiger partial charge in [-0.2, -0.15) is 0 Å². The van der Waals surface area contributed by atoms with Gasteiger partial charge in [0.2, 0.25) is 0 Å². The Morgan fingerprint density at radius 3 is 2.09 bits per heavy atom. The molecular weight excluding hydrogens is 288 g/mol. The lowest BCUT2D eigenvalue weighted by atomic mass is 9.49. The number of hydrogen-bond acceptors (Lipinski definition) is 2. The second-order valence-electron chi connectivity index (χ2n) is 9.07. The molecule has 5 rings (SSSR count). The maximum absolute atomic E-state index is 12.1. The lowest BCUT2D eigenvalue weighted by molar-refractivity contribution is -0.0563.